The first-order valence-corrected chi connectivity index (χ1v) is 6.26. The van der Waals surface area contributed by atoms with E-state index in [4.69, 9.17) is 11.6 Å². The van der Waals surface area contributed by atoms with Crippen molar-refractivity contribution in [2.75, 3.05) is 5.32 Å². The van der Waals surface area contributed by atoms with Gasteiger partial charge in [0.15, 0.2) is 5.82 Å². The van der Waals surface area contributed by atoms with Gasteiger partial charge in [-0.25, -0.2) is 9.97 Å². The van der Waals surface area contributed by atoms with E-state index >= 15 is 0 Å². The molecule has 0 fully saturated rings. The minimum absolute atomic E-state index is 0.175. The Hall–Kier alpha value is -1.46. The summed E-state index contributed by atoms with van der Waals surface area (Å²) in [7, 11) is 0. The van der Waals surface area contributed by atoms with Crippen LogP contribution in [0, 0.1) is 0 Å². The van der Waals surface area contributed by atoms with Crippen molar-refractivity contribution in [2.24, 2.45) is 0 Å². The molecule has 0 spiro atoms. The number of rotatable bonds is 3. The van der Waals surface area contributed by atoms with Gasteiger partial charge < -0.3 is 5.32 Å². The van der Waals surface area contributed by atoms with Crippen molar-refractivity contribution < 1.29 is 4.79 Å². The molecule has 0 bridgehead atoms. The van der Waals surface area contributed by atoms with Gasteiger partial charge in [0.05, 0.1) is 17.3 Å². The number of thiophene rings is 1. The standard InChI is InChI=1S/C11H10ClN3OS/c1-2-7-3-4-8(17-7)11(16)15-10-6-13-9(12)5-14-10/h3-6H,2H2,1H3,(H,14,15,16). The van der Waals surface area contributed by atoms with Gasteiger partial charge in [0.1, 0.15) is 5.15 Å². The molecule has 0 radical (unpaired) electrons. The third-order valence-corrected chi connectivity index (χ3v) is 3.52. The van der Waals surface area contributed by atoms with Gasteiger partial charge in [-0.15, -0.1) is 11.3 Å². The highest BCUT2D eigenvalue weighted by atomic mass is 35.5. The van der Waals surface area contributed by atoms with E-state index in [2.05, 4.69) is 22.2 Å². The molecule has 6 heteroatoms. The molecule has 17 heavy (non-hydrogen) atoms. The molecular formula is C11H10ClN3OS. The fourth-order valence-corrected chi connectivity index (χ4v) is 2.19. The maximum Gasteiger partial charge on any atom is 0.266 e. The van der Waals surface area contributed by atoms with Crippen molar-refractivity contribution >= 4 is 34.7 Å². The van der Waals surface area contributed by atoms with E-state index in [0.717, 1.165) is 6.42 Å². The van der Waals surface area contributed by atoms with Gasteiger partial charge in [0.25, 0.3) is 5.91 Å². The van der Waals surface area contributed by atoms with E-state index in [1.165, 1.54) is 28.6 Å². The fourth-order valence-electron chi connectivity index (χ4n) is 1.24. The molecule has 0 atom stereocenters. The third-order valence-electron chi connectivity index (χ3n) is 2.10. The Kier molecular flexibility index (Phi) is 3.71. The van der Waals surface area contributed by atoms with Crippen molar-refractivity contribution in [1.82, 2.24) is 9.97 Å². The minimum atomic E-state index is -0.175. The molecule has 0 aliphatic heterocycles. The van der Waals surface area contributed by atoms with Crippen molar-refractivity contribution in [3.8, 4) is 0 Å². The number of aromatic nitrogens is 2. The van der Waals surface area contributed by atoms with Crippen LogP contribution in [0.3, 0.4) is 0 Å². The number of nitrogens with zero attached hydrogens (tertiary/aromatic N) is 2. The zero-order valence-electron chi connectivity index (χ0n) is 9.11. The Morgan fingerprint density at radius 3 is 2.82 bits per heavy atom. The van der Waals surface area contributed by atoms with Gasteiger partial charge in [0, 0.05) is 4.88 Å². The van der Waals surface area contributed by atoms with Crippen molar-refractivity contribution in [3.63, 3.8) is 0 Å². The van der Waals surface area contributed by atoms with Gasteiger partial charge in [-0.1, -0.05) is 18.5 Å². The Morgan fingerprint density at radius 1 is 1.41 bits per heavy atom. The molecule has 0 saturated heterocycles. The zero-order valence-corrected chi connectivity index (χ0v) is 10.7. The van der Waals surface area contributed by atoms with Crippen LogP contribution in [0.2, 0.25) is 5.15 Å². The molecular weight excluding hydrogens is 258 g/mol. The van der Waals surface area contributed by atoms with Gasteiger partial charge in [-0.2, -0.15) is 0 Å². The summed E-state index contributed by atoms with van der Waals surface area (Å²) in [5, 5.41) is 2.96. The molecule has 4 nitrogen and oxygen atoms in total. The van der Waals surface area contributed by atoms with E-state index in [0.29, 0.717) is 15.8 Å². The lowest BCUT2D eigenvalue weighted by atomic mass is 10.3. The number of halogens is 1. The van der Waals surface area contributed by atoms with Crippen LogP contribution in [-0.4, -0.2) is 15.9 Å². The number of amides is 1. The second-order valence-corrected chi connectivity index (χ2v) is 4.85. The Balaban J connectivity index is 2.08. The highest BCUT2D eigenvalue weighted by molar-refractivity contribution is 7.14. The number of hydrogen-bond acceptors (Lipinski definition) is 4. The predicted octanol–water partition coefficient (Wildman–Crippen LogP) is 3.01. The van der Waals surface area contributed by atoms with Gasteiger partial charge in [0.2, 0.25) is 0 Å². The molecule has 2 rings (SSSR count). The van der Waals surface area contributed by atoms with Crippen LogP contribution in [0.15, 0.2) is 24.5 Å². The van der Waals surface area contributed by atoms with E-state index in [1.807, 2.05) is 12.1 Å². The number of anilines is 1. The average Bonchev–Trinajstić information content (AvgIpc) is 2.81. The molecule has 2 aromatic rings. The molecule has 88 valence electrons. The van der Waals surface area contributed by atoms with Crippen molar-refractivity contribution in [1.29, 1.82) is 0 Å². The topological polar surface area (TPSA) is 54.9 Å². The first-order valence-electron chi connectivity index (χ1n) is 5.06. The van der Waals surface area contributed by atoms with E-state index in [-0.39, 0.29) is 5.91 Å². The van der Waals surface area contributed by atoms with Crippen LogP contribution in [-0.2, 0) is 6.42 Å². The lowest BCUT2D eigenvalue weighted by Crippen LogP contribution is -2.11. The number of carbonyl (C=O) groups excluding carboxylic acids is 1. The molecule has 0 aliphatic rings. The maximum absolute atomic E-state index is 11.8. The van der Waals surface area contributed by atoms with Gasteiger partial charge >= 0.3 is 0 Å². The monoisotopic (exact) mass is 267 g/mol. The lowest BCUT2D eigenvalue weighted by Gasteiger charge is -2.01. The highest BCUT2D eigenvalue weighted by Crippen LogP contribution is 2.18. The lowest BCUT2D eigenvalue weighted by molar-refractivity contribution is 0.103. The fraction of sp³-hybridized carbons (Fsp3) is 0.182. The van der Waals surface area contributed by atoms with Crippen LogP contribution in [0.5, 0.6) is 0 Å². The second-order valence-electron chi connectivity index (χ2n) is 3.30. The summed E-state index contributed by atoms with van der Waals surface area (Å²) in [6.07, 6.45) is 3.75. The number of carbonyl (C=O) groups is 1. The molecule has 1 N–H and O–H groups in total. The Labute approximate surface area is 108 Å². The average molecular weight is 268 g/mol. The molecule has 0 unspecified atom stereocenters. The van der Waals surface area contributed by atoms with E-state index < -0.39 is 0 Å². The Bertz CT molecular complexity index is 524. The molecule has 2 aromatic heterocycles. The summed E-state index contributed by atoms with van der Waals surface area (Å²) >= 11 is 7.08. The molecule has 2 heterocycles. The van der Waals surface area contributed by atoms with Crippen molar-refractivity contribution in [2.45, 2.75) is 13.3 Å². The number of nitrogens with one attached hydrogen (secondary N) is 1. The SMILES string of the molecule is CCc1ccc(C(=O)Nc2cnc(Cl)cn2)s1. The molecule has 0 saturated carbocycles. The van der Waals surface area contributed by atoms with Crippen LogP contribution >= 0.6 is 22.9 Å². The summed E-state index contributed by atoms with van der Waals surface area (Å²) in [4.78, 5) is 21.5. The second kappa shape index (κ2) is 5.25. The van der Waals surface area contributed by atoms with E-state index in [1.54, 1.807) is 0 Å². The third kappa shape index (κ3) is 3.01. The molecule has 1 amide bonds. The minimum Gasteiger partial charge on any atom is -0.305 e. The normalized spacial score (nSPS) is 10.2. The summed E-state index contributed by atoms with van der Waals surface area (Å²) in [5.74, 6) is 0.220. The smallest absolute Gasteiger partial charge is 0.266 e. The van der Waals surface area contributed by atoms with Crippen LogP contribution in [0.4, 0.5) is 5.82 Å². The summed E-state index contributed by atoms with van der Waals surface area (Å²) < 4.78 is 0. The first kappa shape index (κ1) is 12.0. The summed E-state index contributed by atoms with van der Waals surface area (Å²) in [6, 6.07) is 3.76. The Morgan fingerprint density at radius 2 is 2.24 bits per heavy atom. The summed E-state index contributed by atoms with van der Waals surface area (Å²) in [6.45, 7) is 2.05. The largest absolute Gasteiger partial charge is 0.305 e. The zero-order chi connectivity index (χ0) is 12.3. The number of hydrogen-bond donors (Lipinski definition) is 1. The van der Waals surface area contributed by atoms with Gasteiger partial charge in [-0.3, -0.25) is 4.79 Å². The van der Waals surface area contributed by atoms with Crippen LogP contribution < -0.4 is 5.32 Å². The van der Waals surface area contributed by atoms with Crippen molar-refractivity contribution in [3.05, 3.63) is 39.4 Å². The highest BCUT2D eigenvalue weighted by Gasteiger charge is 2.09. The van der Waals surface area contributed by atoms with Crippen LogP contribution in [0.25, 0.3) is 0 Å². The van der Waals surface area contributed by atoms with Crippen LogP contribution in [0.1, 0.15) is 21.5 Å². The maximum atomic E-state index is 11.8. The first-order chi connectivity index (χ1) is 8.19. The van der Waals surface area contributed by atoms with E-state index in [9.17, 15) is 4.79 Å². The quantitative estimate of drug-likeness (QED) is 0.930. The van der Waals surface area contributed by atoms with Gasteiger partial charge in [-0.05, 0) is 18.6 Å². The molecule has 0 aromatic carbocycles. The number of aryl methyl sites for hydroxylation is 1. The summed E-state index contributed by atoms with van der Waals surface area (Å²) in [5.41, 5.74) is 0. The molecule has 0 aliphatic carbocycles. The predicted molar refractivity (Wildman–Crippen MR) is 68.7 cm³/mol.